The Kier molecular flexibility index (Phi) is 5.72. The maximum absolute atomic E-state index is 12.4. The minimum absolute atomic E-state index is 0.145. The van der Waals surface area contributed by atoms with Crippen molar-refractivity contribution in [1.29, 1.82) is 0 Å². The van der Waals surface area contributed by atoms with Crippen LogP contribution in [-0.2, 0) is 4.74 Å². The zero-order valence-corrected chi connectivity index (χ0v) is 14.5. The number of likely N-dealkylation sites (tertiary alicyclic amines) is 1. The molecule has 1 heterocycles. The number of piperidine rings is 1. The molecule has 1 amide bonds. The Hall–Kier alpha value is -0.810. The zero-order chi connectivity index (χ0) is 16.3. The van der Waals surface area contributed by atoms with Crippen molar-refractivity contribution in [3.05, 3.63) is 0 Å². The first-order chi connectivity index (χ1) is 10.3. The normalized spacial score (nSPS) is 30.6. The van der Waals surface area contributed by atoms with Crippen molar-refractivity contribution < 1.29 is 14.6 Å². The first-order valence-corrected chi connectivity index (χ1v) is 8.66. The lowest BCUT2D eigenvalue weighted by Gasteiger charge is -2.46. The highest BCUT2D eigenvalue weighted by Crippen LogP contribution is 2.36. The standard InChI is InChI=1S/C17H32N2O3/c1-12(11-20)18-14-7-8-15-13(10-14)6-5-9-19(15)16(21)22-17(2,3)4/h12-15,18,20H,5-11H2,1-4H3/t12-,13?,14?,15?/m1/s1. The van der Waals surface area contributed by atoms with Crippen molar-refractivity contribution in [2.24, 2.45) is 5.92 Å². The second-order valence-electron chi connectivity index (χ2n) is 7.90. The molecule has 2 aliphatic rings. The lowest BCUT2D eigenvalue weighted by atomic mass is 9.76. The zero-order valence-electron chi connectivity index (χ0n) is 14.5. The Balaban J connectivity index is 1.94. The topological polar surface area (TPSA) is 61.8 Å². The van der Waals surface area contributed by atoms with E-state index >= 15 is 0 Å². The number of ether oxygens (including phenoxy) is 1. The van der Waals surface area contributed by atoms with E-state index in [0.717, 1.165) is 32.2 Å². The summed E-state index contributed by atoms with van der Waals surface area (Å²) in [5.41, 5.74) is -0.431. The molecule has 1 saturated carbocycles. The Morgan fingerprint density at radius 1 is 1.36 bits per heavy atom. The summed E-state index contributed by atoms with van der Waals surface area (Å²) in [5, 5.41) is 12.7. The lowest BCUT2D eigenvalue weighted by Crippen LogP contribution is -2.54. The Morgan fingerprint density at radius 2 is 2.09 bits per heavy atom. The van der Waals surface area contributed by atoms with Gasteiger partial charge < -0.3 is 20.1 Å². The molecule has 0 bridgehead atoms. The highest BCUT2D eigenvalue weighted by Gasteiger charge is 2.40. The second kappa shape index (κ2) is 7.18. The SMILES string of the molecule is C[C@H](CO)NC1CCC2C(CCCN2C(=O)OC(C)(C)C)C1. The van der Waals surface area contributed by atoms with Gasteiger partial charge in [-0.1, -0.05) is 0 Å². The van der Waals surface area contributed by atoms with Gasteiger partial charge in [0.05, 0.1) is 6.61 Å². The molecule has 2 N–H and O–H groups in total. The van der Waals surface area contributed by atoms with Gasteiger partial charge >= 0.3 is 6.09 Å². The first-order valence-electron chi connectivity index (χ1n) is 8.66. The first kappa shape index (κ1) is 17.5. The fourth-order valence-corrected chi connectivity index (χ4v) is 3.81. The quantitative estimate of drug-likeness (QED) is 0.840. The van der Waals surface area contributed by atoms with Gasteiger partial charge in [-0.25, -0.2) is 4.79 Å². The van der Waals surface area contributed by atoms with Gasteiger partial charge in [-0.05, 0) is 65.7 Å². The van der Waals surface area contributed by atoms with Crippen LogP contribution in [0.3, 0.4) is 0 Å². The number of fused-ring (bicyclic) bond motifs is 1. The fraction of sp³-hybridized carbons (Fsp3) is 0.941. The molecule has 0 spiro atoms. The number of nitrogens with one attached hydrogen (secondary N) is 1. The van der Waals surface area contributed by atoms with Crippen LogP contribution < -0.4 is 5.32 Å². The van der Waals surface area contributed by atoms with Gasteiger partial charge in [0, 0.05) is 24.7 Å². The average Bonchev–Trinajstić information content (AvgIpc) is 2.44. The molecule has 1 aliphatic carbocycles. The van der Waals surface area contributed by atoms with Gasteiger partial charge in [0.25, 0.3) is 0 Å². The van der Waals surface area contributed by atoms with Gasteiger partial charge in [0.2, 0.25) is 0 Å². The summed E-state index contributed by atoms with van der Waals surface area (Å²) in [6, 6.07) is 0.931. The van der Waals surface area contributed by atoms with Gasteiger partial charge in [-0.2, -0.15) is 0 Å². The van der Waals surface area contributed by atoms with E-state index in [1.807, 2.05) is 32.6 Å². The van der Waals surface area contributed by atoms with E-state index in [9.17, 15) is 9.90 Å². The summed E-state index contributed by atoms with van der Waals surface area (Å²) >= 11 is 0. The van der Waals surface area contributed by atoms with Crippen LogP contribution in [0.4, 0.5) is 4.79 Å². The third-order valence-corrected chi connectivity index (χ3v) is 4.74. The molecule has 0 aromatic carbocycles. The van der Waals surface area contributed by atoms with Gasteiger partial charge in [0.1, 0.15) is 5.60 Å². The van der Waals surface area contributed by atoms with Crippen LogP contribution >= 0.6 is 0 Å². The summed E-state index contributed by atoms with van der Waals surface area (Å²) in [6.45, 7) is 8.77. The van der Waals surface area contributed by atoms with Crippen molar-refractivity contribution in [3.63, 3.8) is 0 Å². The number of carbonyl (C=O) groups excluding carboxylic acids is 1. The number of aliphatic hydroxyl groups excluding tert-OH is 1. The number of hydrogen-bond acceptors (Lipinski definition) is 4. The number of nitrogens with zero attached hydrogens (tertiary/aromatic N) is 1. The van der Waals surface area contributed by atoms with Crippen LogP contribution in [-0.4, -0.2) is 53.0 Å². The molecular weight excluding hydrogens is 280 g/mol. The molecule has 1 saturated heterocycles. The Morgan fingerprint density at radius 3 is 2.73 bits per heavy atom. The number of carbonyl (C=O) groups is 1. The minimum Gasteiger partial charge on any atom is -0.444 e. The smallest absolute Gasteiger partial charge is 0.410 e. The van der Waals surface area contributed by atoms with Crippen LogP contribution in [0.1, 0.15) is 59.8 Å². The molecule has 0 aromatic heterocycles. The summed E-state index contributed by atoms with van der Waals surface area (Å²) in [6.07, 6.45) is 5.27. The van der Waals surface area contributed by atoms with Gasteiger partial charge in [0.15, 0.2) is 0 Å². The molecule has 2 fully saturated rings. The highest BCUT2D eigenvalue weighted by molar-refractivity contribution is 5.68. The van der Waals surface area contributed by atoms with E-state index in [2.05, 4.69) is 5.32 Å². The maximum atomic E-state index is 12.4. The van der Waals surface area contributed by atoms with Gasteiger partial charge in [-0.15, -0.1) is 0 Å². The fourth-order valence-electron chi connectivity index (χ4n) is 3.81. The van der Waals surface area contributed by atoms with Crippen molar-refractivity contribution in [1.82, 2.24) is 10.2 Å². The van der Waals surface area contributed by atoms with E-state index in [1.165, 1.54) is 6.42 Å². The van der Waals surface area contributed by atoms with E-state index < -0.39 is 5.60 Å². The van der Waals surface area contributed by atoms with Crippen LogP contribution in [0.25, 0.3) is 0 Å². The van der Waals surface area contributed by atoms with E-state index in [4.69, 9.17) is 4.74 Å². The largest absolute Gasteiger partial charge is 0.444 e. The molecule has 3 unspecified atom stereocenters. The van der Waals surface area contributed by atoms with Crippen molar-refractivity contribution >= 4 is 6.09 Å². The average molecular weight is 312 g/mol. The second-order valence-corrected chi connectivity index (χ2v) is 7.90. The molecule has 2 rings (SSSR count). The van der Waals surface area contributed by atoms with E-state index in [1.54, 1.807) is 0 Å². The predicted octanol–water partition coefficient (Wildman–Crippen LogP) is 2.53. The number of amides is 1. The van der Waals surface area contributed by atoms with E-state index in [0.29, 0.717) is 18.0 Å². The molecule has 1 aliphatic heterocycles. The number of aliphatic hydroxyl groups is 1. The van der Waals surface area contributed by atoms with E-state index in [-0.39, 0.29) is 18.7 Å². The third kappa shape index (κ3) is 4.59. The lowest BCUT2D eigenvalue weighted by molar-refractivity contribution is -0.0106. The number of rotatable bonds is 3. The monoisotopic (exact) mass is 312 g/mol. The van der Waals surface area contributed by atoms with Crippen molar-refractivity contribution in [2.45, 2.75) is 83.5 Å². The predicted molar refractivity (Wildman–Crippen MR) is 86.8 cm³/mol. The van der Waals surface area contributed by atoms with Crippen LogP contribution in [0.5, 0.6) is 0 Å². The highest BCUT2D eigenvalue weighted by atomic mass is 16.6. The van der Waals surface area contributed by atoms with Crippen LogP contribution in [0, 0.1) is 5.92 Å². The molecule has 5 nitrogen and oxygen atoms in total. The minimum atomic E-state index is -0.431. The van der Waals surface area contributed by atoms with Crippen molar-refractivity contribution in [3.8, 4) is 0 Å². The third-order valence-electron chi connectivity index (χ3n) is 4.74. The molecule has 0 aromatic rings. The van der Waals surface area contributed by atoms with Crippen molar-refractivity contribution in [2.75, 3.05) is 13.2 Å². The number of hydrogen-bond donors (Lipinski definition) is 2. The molecule has 5 heteroatoms. The Labute approximate surface area is 134 Å². The van der Waals surface area contributed by atoms with Crippen LogP contribution in [0.2, 0.25) is 0 Å². The summed E-state index contributed by atoms with van der Waals surface area (Å²) < 4.78 is 5.57. The summed E-state index contributed by atoms with van der Waals surface area (Å²) in [4.78, 5) is 14.4. The molecule has 4 atom stereocenters. The molecule has 128 valence electrons. The molecule has 22 heavy (non-hydrogen) atoms. The Bertz CT molecular complexity index is 381. The summed E-state index contributed by atoms with van der Waals surface area (Å²) in [7, 11) is 0. The van der Waals surface area contributed by atoms with Gasteiger partial charge in [-0.3, -0.25) is 0 Å². The maximum Gasteiger partial charge on any atom is 0.410 e. The molecule has 0 radical (unpaired) electrons. The molecular formula is C17H32N2O3. The van der Waals surface area contributed by atoms with Crippen LogP contribution in [0.15, 0.2) is 0 Å². The summed E-state index contributed by atoms with van der Waals surface area (Å²) in [5.74, 6) is 0.554.